The van der Waals surface area contributed by atoms with Crippen molar-refractivity contribution >= 4 is 5.91 Å². The number of hydrogen-bond donors (Lipinski definition) is 0. The van der Waals surface area contributed by atoms with Crippen molar-refractivity contribution in [2.24, 2.45) is 0 Å². The van der Waals surface area contributed by atoms with Crippen molar-refractivity contribution in [2.75, 3.05) is 0 Å². The van der Waals surface area contributed by atoms with Gasteiger partial charge in [-0.05, 0) is 25.7 Å². The number of carbonyl (C=O) groups is 1. The summed E-state index contributed by atoms with van der Waals surface area (Å²) >= 11 is 0. The molecule has 2 aliphatic rings. The fourth-order valence-electron chi connectivity index (χ4n) is 2.79. The lowest BCUT2D eigenvalue weighted by atomic mass is 10.1. The predicted molar refractivity (Wildman–Crippen MR) is 52.4 cm³/mol. The van der Waals surface area contributed by atoms with Gasteiger partial charge in [0.15, 0.2) is 0 Å². The summed E-state index contributed by atoms with van der Waals surface area (Å²) < 4.78 is 0. The predicted octanol–water partition coefficient (Wildman–Crippen LogP) is 2.33. The summed E-state index contributed by atoms with van der Waals surface area (Å²) in [5, 5.41) is 0. The van der Waals surface area contributed by atoms with E-state index in [9.17, 15) is 4.79 Å². The summed E-state index contributed by atoms with van der Waals surface area (Å²) in [6.45, 7) is 2.22. The first-order chi connectivity index (χ1) is 6.33. The molecule has 2 rings (SSSR count). The third-order valence-electron chi connectivity index (χ3n) is 3.49. The second-order valence-corrected chi connectivity index (χ2v) is 4.37. The zero-order valence-electron chi connectivity index (χ0n) is 8.46. The van der Waals surface area contributed by atoms with Crippen molar-refractivity contribution in [3.63, 3.8) is 0 Å². The normalized spacial score (nSPS) is 32.7. The lowest BCUT2D eigenvalue weighted by molar-refractivity contribution is -0.129. The van der Waals surface area contributed by atoms with Gasteiger partial charge in [0.25, 0.3) is 0 Å². The Labute approximate surface area is 80.3 Å². The van der Waals surface area contributed by atoms with E-state index in [0.29, 0.717) is 18.0 Å². The third-order valence-corrected chi connectivity index (χ3v) is 3.49. The van der Waals surface area contributed by atoms with Gasteiger partial charge in [0, 0.05) is 18.5 Å². The van der Waals surface area contributed by atoms with E-state index in [-0.39, 0.29) is 0 Å². The Bertz CT molecular complexity index is 202. The lowest BCUT2D eigenvalue weighted by Gasteiger charge is -2.24. The summed E-state index contributed by atoms with van der Waals surface area (Å²) in [4.78, 5) is 13.7. The Morgan fingerprint density at radius 2 is 2.23 bits per heavy atom. The number of rotatable bonds is 3. The molecule has 0 radical (unpaired) electrons. The lowest BCUT2D eigenvalue weighted by Crippen LogP contribution is -2.34. The SMILES string of the molecule is CCCC[C@H]1CC[C@H]2CCC(=O)N21. The third kappa shape index (κ3) is 1.59. The van der Waals surface area contributed by atoms with Crippen LogP contribution in [0.5, 0.6) is 0 Å². The van der Waals surface area contributed by atoms with Gasteiger partial charge in [0.1, 0.15) is 0 Å². The topological polar surface area (TPSA) is 20.3 Å². The van der Waals surface area contributed by atoms with Gasteiger partial charge in [0.05, 0.1) is 0 Å². The molecule has 0 aromatic carbocycles. The second kappa shape index (κ2) is 3.69. The van der Waals surface area contributed by atoms with Crippen LogP contribution in [0.15, 0.2) is 0 Å². The number of fused-ring (bicyclic) bond motifs is 1. The van der Waals surface area contributed by atoms with Crippen LogP contribution in [-0.4, -0.2) is 22.9 Å². The van der Waals surface area contributed by atoms with Crippen molar-refractivity contribution in [3.8, 4) is 0 Å². The molecule has 0 aromatic rings. The molecule has 2 saturated heterocycles. The maximum absolute atomic E-state index is 11.6. The molecule has 2 heteroatoms. The van der Waals surface area contributed by atoms with Crippen LogP contribution in [0.3, 0.4) is 0 Å². The van der Waals surface area contributed by atoms with Gasteiger partial charge in [-0.25, -0.2) is 0 Å². The Morgan fingerprint density at radius 1 is 1.38 bits per heavy atom. The summed E-state index contributed by atoms with van der Waals surface area (Å²) in [6, 6.07) is 1.22. The van der Waals surface area contributed by atoms with Crippen LogP contribution < -0.4 is 0 Å². The van der Waals surface area contributed by atoms with Gasteiger partial charge in [0.2, 0.25) is 5.91 Å². The van der Waals surface area contributed by atoms with E-state index < -0.39 is 0 Å². The van der Waals surface area contributed by atoms with Crippen LogP contribution in [0.4, 0.5) is 0 Å². The molecule has 2 nitrogen and oxygen atoms in total. The maximum atomic E-state index is 11.6. The maximum Gasteiger partial charge on any atom is 0.223 e. The number of carbonyl (C=O) groups excluding carboxylic acids is 1. The van der Waals surface area contributed by atoms with Crippen LogP contribution in [-0.2, 0) is 4.79 Å². The van der Waals surface area contributed by atoms with E-state index in [1.54, 1.807) is 0 Å². The molecule has 2 aliphatic heterocycles. The van der Waals surface area contributed by atoms with E-state index in [1.807, 2.05) is 0 Å². The number of hydrogen-bond acceptors (Lipinski definition) is 1. The largest absolute Gasteiger partial charge is 0.337 e. The van der Waals surface area contributed by atoms with Gasteiger partial charge in [-0.15, -0.1) is 0 Å². The summed E-state index contributed by atoms with van der Waals surface area (Å²) in [5.41, 5.74) is 0. The highest BCUT2D eigenvalue weighted by molar-refractivity contribution is 5.79. The molecule has 0 bridgehead atoms. The molecule has 0 aliphatic carbocycles. The fraction of sp³-hybridized carbons (Fsp3) is 0.909. The Balaban J connectivity index is 1.94. The van der Waals surface area contributed by atoms with Crippen molar-refractivity contribution < 1.29 is 4.79 Å². The highest BCUT2D eigenvalue weighted by atomic mass is 16.2. The number of unbranched alkanes of at least 4 members (excludes halogenated alkanes) is 1. The molecule has 2 heterocycles. The standard InChI is InChI=1S/C11H19NO/c1-2-3-4-9-5-6-10-7-8-11(13)12(9)10/h9-10H,2-8H2,1H3/t9-,10-/m0/s1. The highest BCUT2D eigenvalue weighted by Crippen LogP contribution is 2.35. The number of amides is 1. The number of nitrogens with zero attached hydrogens (tertiary/aromatic N) is 1. The molecule has 0 aromatic heterocycles. The average Bonchev–Trinajstić information content (AvgIpc) is 2.67. The molecule has 0 unspecified atom stereocenters. The van der Waals surface area contributed by atoms with Crippen LogP contribution in [0, 0.1) is 0 Å². The van der Waals surface area contributed by atoms with Crippen molar-refractivity contribution in [1.82, 2.24) is 4.90 Å². The zero-order chi connectivity index (χ0) is 9.26. The van der Waals surface area contributed by atoms with E-state index in [1.165, 1.54) is 32.1 Å². The molecular formula is C11H19NO. The Morgan fingerprint density at radius 3 is 3.00 bits per heavy atom. The molecule has 2 atom stereocenters. The summed E-state index contributed by atoms with van der Waals surface area (Å²) in [6.07, 6.45) is 8.23. The van der Waals surface area contributed by atoms with Crippen molar-refractivity contribution in [1.29, 1.82) is 0 Å². The minimum Gasteiger partial charge on any atom is -0.337 e. The van der Waals surface area contributed by atoms with Gasteiger partial charge >= 0.3 is 0 Å². The van der Waals surface area contributed by atoms with E-state index in [2.05, 4.69) is 11.8 Å². The summed E-state index contributed by atoms with van der Waals surface area (Å²) in [5.74, 6) is 0.420. The zero-order valence-corrected chi connectivity index (χ0v) is 8.46. The van der Waals surface area contributed by atoms with Gasteiger partial charge in [-0.2, -0.15) is 0 Å². The first-order valence-electron chi connectivity index (χ1n) is 5.64. The van der Waals surface area contributed by atoms with E-state index in [4.69, 9.17) is 0 Å². The fourth-order valence-corrected chi connectivity index (χ4v) is 2.79. The van der Waals surface area contributed by atoms with E-state index in [0.717, 1.165) is 12.8 Å². The van der Waals surface area contributed by atoms with Gasteiger partial charge in [-0.3, -0.25) is 4.79 Å². The Kier molecular flexibility index (Phi) is 2.56. The van der Waals surface area contributed by atoms with Crippen LogP contribution in [0.1, 0.15) is 51.9 Å². The monoisotopic (exact) mass is 181 g/mol. The molecule has 1 amide bonds. The van der Waals surface area contributed by atoms with Gasteiger partial charge < -0.3 is 4.90 Å². The smallest absolute Gasteiger partial charge is 0.223 e. The molecule has 13 heavy (non-hydrogen) atoms. The average molecular weight is 181 g/mol. The minimum atomic E-state index is 0.420. The second-order valence-electron chi connectivity index (χ2n) is 4.37. The van der Waals surface area contributed by atoms with Crippen molar-refractivity contribution in [2.45, 2.75) is 64.0 Å². The van der Waals surface area contributed by atoms with Crippen molar-refractivity contribution in [3.05, 3.63) is 0 Å². The molecule has 74 valence electrons. The molecule has 0 N–H and O–H groups in total. The Hall–Kier alpha value is -0.530. The quantitative estimate of drug-likeness (QED) is 0.654. The summed E-state index contributed by atoms with van der Waals surface area (Å²) in [7, 11) is 0. The minimum absolute atomic E-state index is 0.420. The van der Waals surface area contributed by atoms with Gasteiger partial charge in [-0.1, -0.05) is 19.8 Å². The van der Waals surface area contributed by atoms with Crippen LogP contribution >= 0.6 is 0 Å². The molecular weight excluding hydrogens is 162 g/mol. The van der Waals surface area contributed by atoms with Crippen LogP contribution in [0.25, 0.3) is 0 Å². The first kappa shape index (κ1) is 9.04. The van der Waals surface area contributed by atoms with E-state index >= 15 is 0 Å². The molecule has 0 spiro atoms. The first-order valence-corrected chi connectivity index (χ1v) is 5.64. The van der Waals surface area contributed by atoms with Crippen LogP contribution in [0.2, 0.25) is 0 Å². The highest BCUT2D eigenvalue weighted by Gasteiger charge is 2.40. The molecule has 0 saturated carbocycles. The molecule has 2 fully saturated rings.